The minimum absolute atomic E-state index is 0.215. The summed E-state index contributed by atoms with van der Waals surface area (Å²) in [6.45, 7) is 0.710. The molecule has 1 aromatic carbocycles. The highest BCUT2D eigenvalue weighted by molar-refractivity contribution is 6.32. The van der Waals surface area contributed by atoms with E-state index in [-0.39, 0.29) is 11.5 Å². The topological polar surface area (TPSA) is 47.3 Å². The van der Waals surface area contributed by atoms with E-state index in [9.17, 15) is 0 Å². The molecule has 0 bridgehead atoms. The Bertz CT molecular complexity index is 404. The van der Waals surface area contributed by atoms with Crippen molar-refractivity contribution in [1.82, 2.24) is 5.32 Å². The van der Waals surface area contributed by atoms with Crippen molar-refractivity contribution in [1.29, 1.82) is 0 Å². The zero-order valence-corrected chi connectivity index (χ0v) is 11.1. The molecule has 1 aliphatic carbocycles. The van der Waals surface area contributed by atoms with E-state index in [0.29, 0.717) is 17.3 Å². The summed E-state index contributed by atoms with van der Waals surface area (Å²) in [5, 5.41) is 4.01. The molecule has 1 aromatic rings. The standard InChI is InChI=1S/C13H19ClN2O/c1-16-12(13(8-15)5-6-13)9-3-4-11(17-2)10(14)7-9/h3-4,7,12,16H,5-6,8,15H2,1-2H3. The summed E-state index contributed by atoms with van der Waals surface area (Å²) < 4.78 is 5.16. The number of ether oxygens (including phenoxy) is 1. The molecule has 0 heterocycles. The third-order valence-corrected chi connectivity index (χ3v) is 4.00. The lowest BCUT2D eigenvalue weighted by Gasteiger charge is -2.26. The van der Waals surface area contributed by atoms with Gasteiger partial charge in [-0.05, 0) is 44.1 Å². The van der Waals surface area contributed by atoms with Gasteiger partial charge in [0.25, 0.3) is 0 Å². The van der Waals surface area contributed by atoms with Gasteiger partial charge < -0.3 is 15.8 Å². The number of rotatable bonds is 5. The molecule has 2 rings (SSSR count). The van der Waals surface area contributed by atoms with Crippen LogP contribution in [0.3, 0.4) is 0 Å². The quantitative estimate of drug-likeness (QED) is 0.848. The third-order valence-electron chi connectivity index (χ3n) is 3.71. The van der Waals surface area contributed by atoms with Gasteiger partial charge in [0.05, 0.1) is 12.1 Å². The first-order valence-electron chi connectivity index (χ1n) is 5.87. The fourth-order valence-corrected chi connectivity index (χ4v) is 2.73. The van der Waals surface area contributed by atoms with Crippen molar-refractivity contribution in [3.63, 3.8) is 0 Å². The Morgan fingerprint density at radius 1 is 1.53 bits per heavy atom. The van der Waals surface area contributed by atoms with E-state index in [4.69, 9.17) is 22.1 Å². The molecule has 1 unspecified atom stereocenters. The first-order valence-corrected chi connectivity index (χ1v) is 6.25. The number of nitrogens with one attached hydrogen (secondary N) is 1. The largest absolute Gasteiger partial charge is 0.495 e. The van der Waals surface area contributed by atoms with E-state index < -0.39 is 0 Å². The van der Waals surface area contributed by atoms with Gasteiger partial charge in [-0.2, -0.15) is 0 Å². The zero-order valence-electron chi connectivity index (χ0n) is 10.3. The maximum Gasteiger partial charge on any atom is 0.137 e. The van der Waals surface area contributed by atoms with Gasteiger partial charge in [-0.15, -0.1) is 0 Å². The second-order valence-electron chi connectivity index (χ2n) is 4.68. The maximum atomic E-state index is 6.16. The molecule has 0 radical (unpaired) electrons. The van der Waals surface area contributed by atoms with E-state index in [1.165, 1.54) is 18.4 Å². The van der Waals surface area contributed by atoms with Crippen LogP contribution in [0, 0.1) is 5.41 Å². The molecule has 17 heavy (non-hydrogen) atoms. The molecular weight excluding hydrogens is 236 g/mol. The van der Waals surface area contributed by atoms with Crippen LogP contribution in [0.2, 0.25) is 5.02 Å². The van der Waals surface area contributed by atoms with Crippen LogP contribution in [0.5, 0.6) is 5.75 Å². The molecule has 94 valence electrons. The van der Waals surface area contributed by atoms with Crippen molar-refractivity contribution < 1.29 is 4.74 Å². The van der Waals surface area contributed by atoms with Crippen LogP contribution >= 0.6 is 11.6 Å². The molecular formula is C13H19ClN2O. The molecule has 0 aromatic heterocycles. The summed E-state index contributed by atoms with van der Waals surface area (Å²) in [5.41, 5.74) is 7.28. The van der Waals surface area contributed by atoms with E-state index in [1.807, 2.05) is 19.2 Å². The fraction of sp³-hybridized carbons (Fsp3) is 0.538. The predicted molar refractivity (Wildman–Crippen MR) is 70.5 cm³/mol. The number of halogens is 1. The van der Waals surface area contributed by atoms with Gasteiger partial charge in [-0.1, -0.05) is 17.7 Å². The van der Waals surface area contributed by atoms with Crippen LogP contribution in [0.25, 0.3) is 0 Å². The Morgan fingerprint density at radius 3 is 2.65 bits per heavy atom. The van der Waals surface area contributed by atoms with Crippen LogP contribution in [0.4, 0.5) is 0 Å². The normalized spacial score (nSPS) is 18.8. The molecule has 1 fully saturated rings. The smallest absolute Gasteiger partial charge is 0.137 e. The fourth-order valence-electron chi connectivity index (χ4n) is 2.46. The summed E-state index contributed by atoms with van der Waals surface area (Å²) in [7, 11) is 3.59. The summed E-state index contributed by atoms with van der Waals surface area (Å²) in [4.78, 5) is 0. The van der Waals surface area contributed by atoms with Crippen molar-refractivity contribution in [3.8, 4) is 5.75 Å². The van der Waals surface area contributed by atoms with Crippen LogP contribution in [-0.4, -0.2) is 20.7 Å². The number of benzene rings is 1. The van der Waals surface area contributed by atoms with Crippen molar-refractivity contribution in [3.05, 3.63) is 28.8 Å². The molecule has 1 saturated carbocycles. The molecule has 0 amide bonds. The maximum absolute atomic E-state index is 6.16. The van der Waals surface area contributed by atoms with Crippen LogP contribution in [0.1, 0.15) is 24.4 Å². The number of hydrogen-bond acceptors (Lipinski definition) is 3. The minimum Gasteiger partial charge on any atom is -0.495 e. The monoisotopic (exact) mass is 254 g/mol. The Hall–Kier alpha value is -0.770. The molecule has 3 N–H and O–H groups in total. The average Bonchev–Trinajstić information content (AvgIpc) is 3.11. The van der Waals surface area contributed by atoms with Crippen molar-refractivity contribution >= 4 is 11.6 Å². The van der Waals surface area contributed by atoms with Crippen molar-refractivity contribution in [2.45, 2.75) is 18.9 Å². The minimum atomic E-state index is 0.215. The molecule has 1 atom stereocenters. The van der Waals surface area contributed by atoms with Crippen molar-refractivity contribution in [2.75, 3.05) is 20.7 Å². The van der Waals surface area contributed by atoms with Crippen LogP contribution in [-0.2, 0) is 0 Å². The van der Waals surface area contributed by atoms with Crippen molar-refractivity contribution in [2.24, 2.45) is 11.1 Å². The van der Waals surface area contributed by atoms with E-state index in [1.54, 1.807) is 7.11 Å². The Morgan fingerprint density at radius 2 is 2.24 bits per heavy atom. The van der Waals surface area contributed by atoms with E-state index in [0.717, 1.165) is 0 Å². The van der Waals surface area contributed by atoms with Gasteiger partial charge >= 0.3 is 0 Å². The first kappa shape index (κ1) is 12.7. The average molecular weight is 255 g/mol. The van der Waals surface area contributed by atoms with Gasteiger partial charge in [0, 0.05) is 11.5 Å². The highest BCUT2D eigenvalue weighted by atomic mass is 35.5. The second kappa shape index (κ2) is 4.84. The van der Waals surface area contributed by atoms with E-state index in [2.05, 4.69) is 11.4 Å². The highest BCUT2D eigenvalue weighted by Gasteiger charge is 2.48. The number of hydrogen-bond donors (Lipinski definition) is 2. The predicted octanol–water partition coefficient (Wildman–Crippen LogP) is 2.35. The first-order chi connectivity index (χ1) is 8.16. The number of methoxy groups -OCH3 is 1. The SMILES string of the molecule is CNC(c1ccc(OC)c(Cl)c1)C1(CN)CC1. The summed E-state index contributed by atoms with van der Waals surface area (Å²) in [6, 6.07) is 6.21. The van der Waals surface area contributed by atoms with Gasteiger partial charge in [0.15, 0.2) is 0 Å². The summed E-state index contributed by atoms with van der Waals surface area (Å²) >= 11 is 6.16. The van der Waals surface area contributed by atoms with Crippen LogP contribution in [0.15, 0.2) is 18.2 Å². The van der Waals surface area contributed by atoms with Gasteiger partial charge in [0.1, 0.15) is 5.75 Å². The van der Waals surface area contributed by atoms with E-state index >= 15 is 0 Å². The van der Waals surface area contributed by atoms with Gasteiger partial charge in [-0.25, -0.2) is 0 Å². The zero-order chi connectivity index (χ0) is 12.5. The lowest BCUT2D eigenvalue weighted by atomic mass is 9.90. The molecule has 4 heteroatoms. The lowest BCUT2D eigenvalue weighted by Crippen LogP contribution is -2.32. The molecule has 1 aliphatic rings. The Kier molecular flexibility index (Phi) is 3.61. The van der Waals surface area contributed by atoms with Gasteiger partial charge in [-0.3, -0.25) is 0 Å². The highest BCUT2D eigenvalue weighted by Crippen LogP contribution is 2.54. The summed E-state index contributed by atoms with van der Waals surface area (Å²) in [6.07, 6.45) is 2.36. The molecule has 0 aliphatic heterocycles. The Labute approximate surface area is 107 Å². The van der Waals surface area contributed by atoms with Gasteiger partial charge in [0.2, 0.25) is 0 Å². The molecule has 3 nitrogen and oxygen atoms in total. The summed E-state index contributed by atoms with van der Waals surface area (Å²) in [5.74, 6) is 0.711. The third kappa shape index (κ3) is 2.28. The molecule has 0 saturated heterocycles. The lowest BCUT2D eigenvalue weighted by molar-refractivity contribution is 0.365. The molecule has 0 spiro atoms. The number of nitrogens with two attached hydrogens (primary N) is 1. The van der Waals surface area contributed by atoms with Crippen LogP contribution < -0.4 is 15.8 Å². The Balaban J connectivity index is 2.29. The second-order valence-corrected chi connectivity index (χ2v) is 5.09.